The van der Waals surface area contributed by atoms with Gasteiger partial charge in [0.15, 0.2) is 0 Å². The van der Waals surface area contributed by atoms with Crippen molar-refractivity contribution in [3.05, 3.63) is 38.0 Å². The Balaban J connectivity index is 4.37. The summed E-state index contributed by atoms with van der Waals surface area (Å²) in [6.07, 6.45) is 5.48. The maximum atomic E-state index is 11.6. The molecule has 6 nitrogen and oxygen atoms in total. The van der Waals surface area contributed by atoms with Crippen molar-refractivity contribution in [3.63, 3.8) is 0 Å². The van der Waals surface area contributed by atoms with E-state index in [9.17, 15) is 14.4 Å². The summed E-state index contributed by atoms with van der Waals surface area (Å²) >= 11 is -2.11. The monoisotopic (exact) mass is 459 g/mol. The molecular formula is C18H27O6Sn. The molecular weight excluding hydrogens is 431 g/mol. The van der Waals surface area contributed by atoms with Crippen molar-refractivity contribution in [3.8, 4) is 0 Å². The molecule has 0 aromatic heterocycles. The van der Waals surface area contributed by atoms with Crippen molar-refractivity contribution in [1.29, 1.82) is 0 Å². The second-order valence-corrected chi connectivity index (χ2v) is 13.7. The zero-order chi connectivity index (χ0) is 18.9. The quantitative estimate of drug-likeness (QED) is 0.163. The summed E-state index contributed by atoms with van der Waals surface area (Å²) in [5.74, 6) is -0.829. The molecule has 0 heterocycles. The van der Waals surface area contributed by atoms with Crippen molar-refractivity contribution >= 4 is 37.7 Å². The fourth-order valence-electron chi connectivity index (χ4n) is 1.88. The molecule has 0 saturated carbocycles. The van der Waals surface area contributed by atoms with Gasteiger partial charge in [-0.05, 0) is 0 Å². The van der Waals surface area contributed by atoms with Crippen LogP contribution in [-0.4, -0.2) is 57.5 Å². The van der Waals surface area contributed by atoms with E-state index < -0.39 is 19.8 Å². The summed E-state index contributed by atoms with van der Waals surface area (Å²) in [5, 5.41) is 0. The number of ether oxygens (including phenoxy) is 3. The van der Waals surface area contributed by atoms with E-state index >= 15 is 0 Å². The van der Waals surface area contributed by atoms with E-state index in [-0.39, 0.29) is 37.7 Å². The van der Waals surface area contributed by atoms with E-state index in [0.717, 1.165) is 13.3 Å². The van der Waals surface area contributed by atoms with Gasteiger partial charge < -0.3 is 0 Å². The van der Waals surface area contributed by atoms with Crippen LogP contribution in [-0.2, 0) is 28.6 Å². The van der Waals surface area contributed by atoms with Gasteiger partial charge in [0.05, 0.1) is 0 Å². The van der Waals surface area contributed by atoms with Gasteiger partial charge in [0.1, 0.15) is 0 Å². The first-order valence-electron chi connectivity index (χ1n) is 8.16. The summed E-state index contributed by atoms with van der Waals surface area (Å²) in [7, 11) is 0. The summed E-state index contributed by atoms with van der Waals surface area (Å²) in [5.41, 5.74) is 0. The van der Waals surface area contributed by atoms with Gasteiger partial charge in [-0.2, -0.15) is 0 Å². The van der Waals surface area contributed by atoms with Crippen molar-refractivity contribution in [1.82, 2.24) is 0 Å². The second-order valence-electron chi connectivity index (χ2n) is 5.17. The molecule has 7 heteroatoms. The van der Waals surface area contributed by atoms with Gasteiger partial charge in [-0.25, -0.2) is 0 Å². The third kappa shape index (κ3) is 14.5. The van der Waals surface area contributed by atoms with Crippen LogP contribution in [0.4, 0.5) is 0 Å². The molecule has 25 heavy (non-hydrogen) atoms. The van der Waals surface area contributed by atoms with Crippen LogP contribution in [0.1, 0.15) is 19.3 Å². The van der Waals surface area contributed by atoms with Crippen LogP contribution in [0, 0.1) is 0 Å². The molecule has 0 atom stereocenters. The molecule has 0 unspecified atom stereocenters. The number of carbonyl (C=O) groups is 3. The van der Waals surface area contributed by atoms with Crippen molar-refractivity contribution in [2.75, 3.05) is 19.8 Å². The van der Waals surface area contributed by atoms with Gasteiger partial charge in [-0.3, -0.25) is 0 Å². The van der Waals surface area contributed by atoms with E-state index in [1.165, 1.54) is 18.2 Å². The number of rotatable bonds is 15. The molecule has 0 amide bonds. The molecule has 0 aromatic rings. The van der Waals surface area contributed by atoms with Gasteiger partial charge >= 0.3 is 157 Å². The molecule has 0 bridgehead atoms. The van der Waals surface area contributed by atoms with E-state index in [4.69, 9.17) is 14.2 Å². The Bertz CT molecular complexity index is 394. The normalized spacial score (nSPS) is 9.96. The van der Waals surface area contributed by atoms with Crippen LogP contribution in [0.3, 0.4) is 0 Å². The van der Waals surface area contributed by atoms with E-state index in [0.29, 0.717) is 19.3 Å². The Kier molecular flexibility index (Phi) is 14.9. The molecule has 0 aliphatic rings. The second kappa shape index (κ2) is 15.9. The maximum absolute atomic E-state index is 11.6. The van der Waals surface area contributed by atoms with Gasteiger partial charge in [-0.1, -0.05) is 0 Å². The molecule has 0 spiro atoms. The Morgan fingerprint density at radius 3 is 1.16 bits per heavy atom. The first-order valence-corrected chi connectivity index (χ1v) is 14.2. The molecule has 0 N–H and O–H groups in total. The van der Waals surface area contributed by atoms with Crippen molar-refractivity contribution in [2.24, 2.45) is 0 Å². The average Bonchev–Trinajstić information content (AvgIpc) is 2.61. The first-order chi connectivity index (χ1) is 12.0. The SMILES string of the molecule is C=CCOC(=O)C[CH2][Sn]([CH2]CC(=O)OCC=C)[CH2]CC(=O)OCC=C. The number of hydrogen-bond donors (Lipinski definition) is 0. The first kappa shape index (κ1) is 23.4. The molecule has 0 aliphatic carbocycles. The minimum atomic E-state index is -2.11. The standard InChI is InChI=1S/3C6H9O2.Sn/c3*1-3-5-8-6(7)4-2;/h3*3H,1-2,4-5H2;. The molecule has 1 radical (unpaired) electrons. The summed E-state index contributed by atoms with van der Waals surface area (Å²) in [6.45, 7) is 11.1. The number of esters is 3. The average molecular weight is 458 g/mol. The summed E-state index contributed by atoms with van der Waals surface area (Å²) in [6, 6.07) is 0. The predicted octanol–water partition coefficient (Wildman–Crippen LogP) is 2.84. The van der Waals surface area contributed by atoms with E-state index in [2.05, 4.69) is 19.7 Å². The zero-order valence-corrected chi connectivity index (χ0v) is 17.5. The van der Waals surface area contributed by atoms with Crippen LogP contribution in [0.2, 0.25) is 13.3 Å². The van der Waals surface area contributed by atoms with Gasteiger partial charge in [0, 0.05) is 0 Å². The third-order valence-electron chi connectivity index (χ3n) is 3.13. The molecule has 0 fully saturated rings. The van der Waals surface area contributed by atoms with Gasteiger partial charge in [-0.15, -0.1) is 0 Å². The summed E-state index contributed by atoms with van der Waals surface area (Å²) in [4.78, 5) is 34.9. The van der Waals surface area contributed by atoms with Crippen molar-refractivity contribution < 1.29 is 28.6 Å². The molecule has 139 valence electrons. The minimum absolute atomic E-state index is 0.194. The fourth-order valence-corrected chi connectivity index (χ4v) is 8.80. The molecule has 0 aliphatic heterocycles. The number of carbonyl (C=O) groups excluding carboxylic acids is 3. The van der Waals surface area contributed by atoms with Crippen LogP contribution in [0.25, 0.3) is 0 Å². The Hall–Kier alpha value is -1.57. The number of hydrogen-bond acceptors (Lipinski definition) is 6. The zero-order valence-electron chi connectivity index (χ0n) is 14.7. The molecule has 0 aromatic carbocycles. The molecule has 0 saturated heterocycles. The van der Waals surface area contributed by atoms with E-state index in [1.807, 2.05) is 0 Å². The molecule has 0 rings (SSSR count). The Labute approximate surface area is 156 Å². The fraction of sp³-hybridized carbons (Fsp3) is 0.500. The topological polar surface area (TPSA) is 78.9 Å². The van der Waals surface area contributed by atoms with Gasteiger partial charge in [0.25, 0.3) is 0 Å². The van der Waals surface area contributed by atoms with Crippen LogP contribution in [0.15, 0.2) is 38.0 Å². The van der Waals surface area contributed by atoms with Crippen LogP contribution < -0.4 is 0 Å². The predicted molar refractivity (Wildman–Crippen MR) is 97.5 cm³/mol. The Morgan fingerprint density at radius 2 is 0.920 bits per heavy atom. The van der Waals surface area contributed by atoms with E-state index in [1.54, 1.807) is 0 Å². The van der Waals surface area contributed by atoms with Crippen LogP contribution >= 0.6 is 0 Å². The van der Waals surface area contributed by atoms with Crippen LogP contribution in [0.5, 0.6) is 0 Å². The van der Waals surface area contributed by atoms with Crippen molar-refractivity contribution in [2.45, 2.75) is 32.6 Å². The Morgan fingerprint density at radius 1 is 0.640 bits per heavy atom. The summed E-state index contributed by atoms with van der Waals surface area (Å²) < 4.78 is 17.1. The van der Waals surface area contributed by atoms with Gasteiger partial charge in [0.2, 0.25) is 0 Å². The third-order valence-corrected chi connectivity index (χ3v) is 11.3.